The highest BCUT2D eigenvalue weighted by Crippen LogP contribution is 2.42. The molecule has 0 bridgehead atoms. The minimum Gasteiger partial charge on any atom is -0.304 e. The second kappa shape index (κ2) is 6.60. The standard InChI is InChI=1S/C17H32N4S/c1-12-11-13-16(21-9-7-20(2)8-10-21)18-14-5-3-4-6-15(14)19-17(13)22-12/h12-19H,3-11H2,1-2H3. The van der Waals surface area contributed by atoms with Gasteiger partial charge in [-0.2, -0.15) is 0 Å². The van der Waals surface area contributed by atoms with Gasteiger partial charge in [0.25, 0.3) is 0 Å². The summed E-state index contributed by atoms with van der Waals surface area (Å²) in [7, 11) is 2.26. The summed E-state index contributed by atoms with van der Waals surface area (Å²) in [5.74, 6) is 0.772. The van der Waals surface area contributed by atoms with E-state index >= 15 is 0 Å². The van der Waals surface area contributed by atoms with Crippen LogP contribution < -0.4 is 10.6 Å². The lowest BCUT2D eigenvalue weighted by Gasteiger charge is -2.42. The third kappa shape index (κ3) is 3.07. The normalized spacial score (nSPS) is 47.7. The first-order valence-electron chi connectivity index (χ1n) is 9.31. The molecule has 6 atom stereocenters. The summed E-state index contributed by atoms with van der Waals surface area (Å²) in [5.41, 5.74) is 0. The van der Waals surface area contributed by atoms with Crippen molar-refractivity contribution in [2.45, 2.75) is 67.9 Å². The lowest BCUT2D eigenvalue weighted by molar-refractivity contribution is 0.0557. The average molecular weight is 325 g/mol. The van der Waals surface area contributed by atoms with E-state index in [4.69, 9.17) is 0 Å². The Kier molecular flexibility index (Phi) is 4.71. The number of nitrogens with zero attached hydrogens (tertiary/aromatic N) is 2. The fraction of sp³-hybridized carbons (Fsp3) is 1.00. The van der Waals surface area contributed by atoms with Crippen LogP contribution in [0.1, 0.15) is 39.0 Å². The Balaban J connectivity index is 1.54. The Hall–Kier alpha value is 0.190. The SMILES string of the molecule is CC1CC2C(NC3CCCCC3NC2N2CCN(C)CC2)S1. The molecule has 4 rings (SSSR count). The van der Waals surface area contributed by atoms with Crippen LogP contribution in [0.5, 0.6) is 0 Å². The average Bonchev–Trinajstić information content (AvgIpc) is 2.80. The fourth-order valence-electron chi connectivity index (χ4n) is 4.93. The summed E-state index contributed by atoms with van der Waals surface area (Å²) in [6.07, 6.45) is 7.51. The van der Waals surface area contributed by atoms with Crippen molar-refractivity contribution in [3.63, 3.8) is 0 Å². The zero-order chi connectivity index (χ0) is 15.1. The maximum Gasteiger partial charge on any atom is 0.0653 e. The Morgan fingerprint density at radius 3 is 2.36 bits per heavy atom. The molecule has 3 aliphatic heterocycles. The number of hydrogen-bond acceptors (Lipinski definition) is 5. The highest BCUT2D eigenvalue weighted by Gasteiger charge is 2.46. The van der Waals surface area contributed by atoms with Gasteiger partial charge in [-0.3, -0.25) is 10.2 Å². The molecule has 3 heterocycles. The molecule has 6 unspecified atom stereocenters. The molecule has 1 aliphatic carbocycles. The van der Waals surface area contributed by atoms with E-state index in [1.165, 1.54) is 58.3 Å². The number of likely N-dealkylation sites (N-methyl/N-ethyl adjacent to an activating group) is 1. The maximum atomic E-state index is 4.13. The second-order valence-corrected chi connectivity index (χ2v) is 9.47. The van der Waals surface area contributed by atoms with Crippen LogP contribution in [0.2, 0.25) is 0 Å². The van der Waals surface area contributed by atoms with Crippen molar-refractivity contribution < 1.29 is 0 Å². The summed E-state index contributed by atoms with van der Waals surface area (Å²) in [4.78, 5) is 5.23. The predicted molar refractivity (Wildman–Crippen MR) is 94.1 cm³/mol. The fourth-order valence-corrected chi connectivity index (χ4v) is 6.48. The Morgan fingerprint density at radius 2 is 1.64 bits per heavy atom. The van der Waals surface area contributed by atoms with Crippen molar-refractivity contribution in [1.82, 2.24) is 20.4 Å². The van der Waals surface area contributed by atoms with Crippen LogP contribution >= 0.6 is 11.8 Å². The van der Waals surface area contributed by atoms with Crippen molar-refractivity contribution >= 4 is 11.8 Å². The Morgan fingerprint density at radius 1 is 0.955 bits per heavy atom. The molecule has 0 radical (unpaired) electrons. The molecule has 3 saturated heterocycles. The zero-order valence-electron chi connectivity index (χ0n) is 14.1. The molecule has 0 aromatic rings. The van der Waals surface area contributed by atoms with E-state index in [-0.39, 0.29) is 0 Å². The predicted octanol–water partition coefficient (Wildman–Crippen LogP) is 1.53. The number of fused-ring (bicyclic) bond motifs is 2. The molecule has 4 nitrogen and oxygen atoms in total. The molecule has 2 N–H and O–H groups in total. The van der Waals surface area contributed by atoms with Gasteiger partial charge < -0.3 is 10.2 Å². The van der Waals surface area contributed by atoms with Crippen LogP contribution in [-0.4, -0.2) is 71.9 Å². The summed E-state index contributed by atoms with van der Waals surface area (Å²) in [6, 6.07) is 1.40. The number of thioether (sulfide) groups is 1. The highest BCUT2D eigenvalue weighted by atomic mass is 32.2. The van der Waals surface area contributed by atoms with E-state index in [9.17, 15) is 0 Å². The molecular weight excluding hydrogens is 292 g/mol. The monoisotopic (exact) mass is 324 g/mol. The maximum absolute atomic E-state index is 4.13. The Labute approximate surface area is 139 Å². The molecular formula is C17H32N4S. The number of piperazine rings is 1. The highest BCUT2D eigenvalue weighted by molar-refractivity contribution is 8.00. The van der Waals surface area contributed by atoms with E-state index in [1.54, 1.807) is 0 Å². The summed E-state index contributed by atoms with van der Waals surface area (Å²) < 4.78 is 0. The third-order valence-corrected chi connectivity index (χ3v) is 7.67. The summed E-state index contributed by atoms with van der Waals surface area (Å²) in [6.45, 7) is 7.32. The van der Waals surface area contributed by atoms with Gasteiger partial charge in [-0.15, -0.1) is 11.8 Å². The lowest BCUT2D eigenvalue weighted by Crippen LogP contribution is -2.59. The molecule has 0 aromatic heterocycles. The molecule has 22 heavy (non-hydrogen) atoms. The van der Waals surface area contributed by atoms with Gasteiger partial charge in [0, 0.05) is 49.4 Å². The first-order chi connectivity index (χ1) is 10.7. The van der Waals surface area contributed by atoms with Gasteiger partial charge in [0.15, 0.2) is 0 Å². The largest absolute Gasteiger partial charge is 0.304 e. The van der Waals surface area contributed by atoms with Gasteiger partial charge in [-0.05, 0) is 26.3 Å². The van der Waals surface area contributed by atoms with Gasteiger partial charge in [0.05, 0.1) is 11.5 Å². The van der Waals surface area contributed by atoms with Gasteiger partial charge in [-0.25, -0.2) is 0 Å². The molecule has 0 amide bonds. The quantitative estimate of drug-likeness (QED) is 0.764. The molecule has 4 fully saturated rings. The van der Waals surface area contributed by atoms with Crippen molar-refractivity contribution in [2.75, 3.05) is 33.2 Å². The van der Waals surface area contributed by atoms with Crippen molar-refractivity contribution in [3.05, 3.63) is 0 Å². The molecule has 1 saturated carbocycles. The summed E-state index contributed by atoms with van der Waals surface area (Å²) in [5, 5.41) is 9.65. The molecule has 5 heteroatoms. The van der Waals surface area contributed by atoms with Crippen LogP contribution in [0.15, 0.2) is 0 Å². The van der Waals surface area contributed by atoms with Gasteiger partial charge in [0.2, 0.25) is 0 Å². The number of hydrogen-bond donors (Lipinski definition) is 2. The molecule has 126 valence electrons. The van der Waals surface area contributed by atoms with Crippen molar-refractivity contribution in [3.8, 4) is 0 Å². The van der Waals surface area contributed by atoms with E-state index in [2.05, 4.69) is 46.2 Å². The summed E-state index contributed by atoms with van der Waals surface area (Å²) >= 11 is 2.20. The van der Waals surface area contributed by atoms with Gasteiger partial charge in [0.1, 0.15) is 0 Å². The van der Waals surface area contributed by atoms with Crippen LogP contribution in [0.3, 0.4) is 0 Å². The molecule has 4 aliphatic rings. The number of nitrogens with one attached hydrogen (secondary N) is 2. The van der Waals surface area contributed by atoms with Gasteiger partial charge >= 0.3 is 0 Å². The third-order valence-electron chi connectivity index (χ3n) is 6.24. The van der Waals surface area contributed by atoms with E-state index in [0.717, 1.165) is 11.2 Å². The van der Waals surface area contributed by atoms with E-state index < -0.39 is 0 Å². The van der Waals surface area contributed by atoms with Crippen LogP contribution in [0.4, 0.5) is 0 Å². The first kappa shape index (κ1) is 15.7. The van der Waals surface area contributed by atoms with Gasteiger partial charge in [-0.1, -0.05) is 19.8 Å². The van der Waals surface area contributed by atoms with Crippen molar-refractivity contribution in [2.24, 2.45) is 5.92 Å². The molecule has 0 spiro atoms. The van der Waals surface area contributed by atoms with Crippen LogP contribution in [0.25, 0.3) is 0 Å². The zero-order valence-corrected chi connectivity index (χ0v) is 14.9. The van der Waals surface area contributed by atoms with Crippen LogP contribution in [-0.2, 0) is 0 Å². The minimum absolute atomic E-state index is 0.594. The smallest absolute Gasteiger partial charge is 0.0653 e. The Bertz CT molecular complexity index is 385. The second-order valence-electron chi connectivity index (χ2n) is 7.88. The lowest BCUT2D eigenvalue weighted by atomic mass is 9.90. The van der Waals surface area contributed by atoms with E-state index in [1.807, 2.05) is 0 Å². The first-order valence-corrected chi connectivity index (χ1v) is 10.2. The van der Waals surface area contributed by atoms with E-state index in [0.29, 0.717) is 23.6 Å². The molecule has 0 aromatic carbocycles. The number of rotatable bonds is 1. The minimum atomic E-state index is 0.594. The topological polar surface area (TPSA) is 30.5 Å². The van der Waals surface area contributed by atoms with Crippen molar-refractivity contribution in [1.29, 1.82) is 0 Å². The van der Waals surface area contributed by atoms with Crippen LogP contribution in [0, 0.1) is 5.92 Å².